The number of hydrogen-bond acceptors (Lipinski definition) is 6. The first-order chi connectivity index (χ1) is 22.4. The molecule has 0 radical (unpaired) electrons. The SMILES string of the molecule is [C-]#[N+][C@@H]1CCCN1C(=O)CC[C@@H](C)CC1(c2nn[nH]n2)c2ccc(C(=O)N3CCC3)cc2CCc2cc(C(=O)N3CCC3)ccc21. The number of carbonyl (C=O) groups is 3. The van der Waals surface area contributed by atoms with Crippen molar-refractivity contribution in [1.29, 1.82) is 0 Å². The second-order valence-electron chi connectivity index (χ2n) is 13.4. The smallest absolute Gasteiger partial charge is 0.300 e. The molecule has 3 saturated heterocycles. The Kier molecular flexibility index (Phi) is 8.05. The molecule has 0 bridgehead atoms. The van der Waals surface area contributed by atoms with Gasteiger partial charge in [-0.15, -0.1) is 10.2 Å². The van der Waals surface area contributed by atoms with Crippen LogP contribution in [0.3, 0.4) is 0 Å². The molecule has 0 saturated carbocycles. The summed E-state index contributed by atoms with van der Waals surface area (Å²) in [5.74, 6) is 0.736. The van der Waals surface area contributed by atoms with E-state index in [1.165, 1.54) is 0 Å². The standard InChI is InChI=1S/C35H40N8O3/c1-23(7-14-31(44)43-19-3-6-30(43)36-2)22-35(34-37-39-40-38-34)28-12-10-26(32(45)41-15-4-16-41)20-24(28)8-9-25-21-27(11-13-29(25)35)33(46)42-17-5-18-42/h10-13,20-21,23,30H,3-9,14-19,22H2,1H3,(H,37,38,39,40)/t23-,30+/m1/s1. The van der Waals surface area contributed by atoms with Gasteiger partial charge < -0.3 is 9.80 Å². The van der Waals surface area contributed by atoms with E-state index in [1.807, 2.05) is 34.1 Å². The average molecular weight is 621 g/mol. The molecule has 11 heteroatoms. The van der Waals surface area contributed by atoms with Crippen LogP contribution in [0.25, 0.3) is 4.85 Å². The number of aromatic amines is 1. The predicted molar refractivity (Wildman–Crippen MR) is 170 cm³/mol. The van der Waals surface area contributed by atoms with Crippen molar-refractivity contribution in [2.75, 3.05) is 32.7 Å². The molecule has 3 aliphatic heterocycles. The highest BCUT2D eigenvalue weighted by Crippen LogP contribution is 2.48. The Bertz CT molecular complexity index is 1610. The quantitative estimate of drug-likeness (QED) is 0.381. The van der Waals surface area contributed by atoms with E-state index in [-0.39, 0.29) is 29.8 Å². The fourth-order valence-electron chi connectivity index (χ4n) is 7.73. The monoisotopic (exact) mass is 620 g/mol. The largest absolute Gasteiger partial charge is 0.339 e. The Morgan fingerprint density at radius 3 is 2.04 bits per heavy atom. The molecule has 46 heavy (non-hydrogen) atoms. The van der Waals surface area contributed by atoms with Crippen LogP contribution < -0.4 is 0 Å². The first-order valence-electron chi connectivity index (χ1n) is 16.6. The average Bonchev–Trinajstić information content (AvgIpc) is 3.71. The molecule has 0 spiro atoms. The summed E-state index contributed by atoms with van der Waals surface area (Å²) in [6, 6.07) is 12.1. The number of benzene rings is 2. The normalized spacial score (nSPS) is 20.4. The second kappa shape index (κ2) is 12.3. The van der Waals surface area contributed by atoms with Crippen LogP contribution in [0.1, 0.15) is 101 Å². The summed E-state index contributed by atoms with van der Waals surface area (Å²) < 4.78 is 0. The second-order valence-corrected chi connectivity index (χ2v) is 13.4. The minimum atomic E-state index is -0.819. The number of tetrazole rings is 1. The molecule has 0 unspecified atom stereocenters. The fourth-order valence-corrected chi connectivity index (χ4v) is 7.73. The molecule has 3 aromatic rings. The molecule has 3 fully saturated rings. The van der Waals surface area contributed by atoms with Crippen molar-refractivity contribution in [1.82, 2.24) is 35.3 Å². The minimum absolute atomic E-state index is 0.0314. The zero-order chi connectivity index (χ0) is 31.8. The highest BCUT2D eigenvalue weighted by atomic mass is 16.2. The van der Waals surface area contributed by atoms with E-state index in [0.717, 1.165) is 74.1 Å². The van der Waals surface area contributed by atoms with Gasteiger partial charge in [0.05, 0.1) is 5.41 Å². The molecule has 7 rings (SSSR count). The van der Waals surface area contributed by atoms with Gasteiger partial charge in [0.1, 0.15) is 0 Å². The number of carbonyl (C=O) groups excluding carboxylic acids is 3. The van der Waals surface area contributed by atoms with Crippen molar-refractivity contribution in [3.05, 3.63) is 87.0 Å². The number of nitrogens with zero attached hydrogens (tertiary/aromatic N) is 7. The number of hydrogen-bond donors (Lipinski definition) is 1. The Labute approximate surface area is 269 Å². The van der Waals surface area contributed by atoms with Crippen LogP contribution in [0.4, 0.5) is 0 Å². The maximum absolute atomic E-state index is 13.3. The van der Waals surface area contributed by atoms with Gasteiger partial charge in [-0.2, -0.15) is 5.21 Å². The number of likely N-dealkylation sites (tertiary alicyclic amines) is 3. The Morgan fingerprint density at radius 2 is 1.54 bits per heavy atom. The van der Waals surface area contributed by atoms with Crippen LogP contribution >= 0.6 is 0 Å². The van der Waals surface area contributed by atoms with Crippen LogP contribution in [-0.2, 0) is 23.1 Å². The van der Waals surface area contributed by atoms with Crippen LogP contribution in [0.5, 0.6) is 0 Å². The van der Waals surface area contributed by atoms with Crippen molar-refractivity contribution >= 4 is 17.7 Å². The first-order valence-corrected chi connectivity index (χ1v) is 16.6. The lowest BCUT2D eigenvalue weighted by atomic mass is 9.66. The fraction of sp³-hybridized carbons (Fsp3) is 0.514. The molecule has 1 N–H and O–H groups in total. The van der Waals surface area contributed by atoms with Gasteiger partial charge in [0.15, 0.2) is 5.82 Å². The molecule has 1 aliphatic carbocycles. The van der Waals surface area contributed by atoms with Crippen molar-refractivity contribution in [3.63, 3.8) is 0 Å². The van der Waals surface area contributed by atoms with E-state index >= 15 is 0 Å². The zero-order valence-electron chi connectivity index (χ0n) is 26.4. The molecule has 1 aromatic heterocycles. The summed E-state index contributed by atoms with van der Waals surface area (Å²) in [5, 5.41) is 15.9. The maximum Gasteiger partial charge on any atom is 0.300 e. The van der Waals surface area contributed by atoms with Gasteiger partial charge >= 0.3 is 6.17 Å². The van der Waals surface area contributed by atoms with Gasteiger partial charge in [0.25, 0.3) is 11.8 Å². The number of fused-ring (bicyclic) bond motifs is 2. The van der Waals surface area contributed by atoms with Crippen molar-refractivity contribution in [3.8, 4) is 0 Å². The number of aryl methyl sites for hydroxylation is 2. The summed E-state index contributed by atoms with van der Waals surface area (Å²) >= 11 is 0. The van der Waals surface area contributed by atoms with E-state index in [9.17, 15) is 14.4 Å². The van der Waals surface area contributed by atoms with E-state index in [4.69, 9.17) is 6.57 Å². The number of aromatic nitrogens is 4. The van der Waals surface area contributed by atoms with Gasteiger partial charge in [0, 0.05) is 56.7 Å². The van der Waals surface area contributed by atoms with Crippen molar-refractivity contribution in [2.24, 2.45) is 5.92 Å². The number of H-pyrrole nitrogens is 1. The van der Waals surface area contributed by atoms with E-state index in [1.54, 1.807) is 4.90 Å². The Hall–Kier alpha value is -4.59. The Morgan fingerprint density at radius 1 is 0.935 bits per heavy atom. The lowest BCUT2D eigenvalue weighted by Crippen LogP contribution is -2.42. The van der Waals surface area contributed by atoms with E-state index < -0.39 is 5.41 Å². The van der Waals surface area contributed by atoms with Gasteiger partial charge in [-0.05, 0) is 97.4 Å². The third kappa shape index (κ3) is 5.23. The summed E-state index contributed by atoms with van der Waals surface area (Å²) in [6.45, 7) is 13.4. The molecular weight excluding hydrogens is 580 g/mol. The molecule has 4 aliphatic rings. The van der Waals surface area contributed by atoms with Crippen molar-refractivity contribution in [2.45, 2.75) is 76.3 Å². The van der Waals surface area contributed by atoms with Crippen LogP contribution in [0.15, 0.2) is 36.4 Å². The van der Waals surface area contributed by atoms with Crippen LogP contribution in [0, 0.1) is 12.5 Å². The third-order valence-corrected chi connectivity index (χ3v) is 10.5. The highest BCUT2D eigenvalue weighted by molar-refractivity contribution is 5.96. The molecule has 4 heterocycles. The molecule has 2 aromatic carbocycles. The zero-order valence-corrected chi connectivity index (χ0v) is 26.4. The number of nitrogens with one attached hydrogen (secondary N) is 1. The number of rotatable bonds is 8. The van der Waals surface area contributed by atoms with Gasteiger partial charge in [-0.25, -0.2) is 6.57 Å². The van der Waals surface area contributed by atoms with Crippen LogP contribution in [-0.4, -0.2) is 91.9 Å². The van der Waals surface area contributed by atoms with Gasteiger partial charge in [-0.3, -0.25) is 24.1 Å². The van der Waals surface area contributed by atoms with Gasteiger partial charge in [-0.1, -0.05) is 24.3 Å². The lowest BCUT2D eigenvalue weighted by Gasteiger charge is -2.37. The first kappa shape index (κ1) is 30.1. The minimum Gasteiger partial charge on any atom is -0.339 e. The molecule has 3 amide bonds. The Balaban J connectivity index is 1.28. The third-order valence-electron chi connectivity index (χ3n) is 10.5. The molecule has 11 nitrogen and oxygen atoms in total. The van der Waals surface area contributed by atoms with Crippen LogP contribution in [0.2, 0.25) is 0 Å². The predicted octanol–water partition coefficient (Wildman–Crippen LogP) is 4.00. The summed E-state index contributed by atoms with van der Waals surface area (Å²) in [6.07, 6.45) is 6.32. The summed E-state index contributed by atoms with van der Waals surface area (Å²) in [5.41, 5.74) is 4.71. The molecule has 238 valence electrons. The molecule has 2 atom stereocenters. The summed E-state index contributed by atoms with van der Waals surface area (Å²) in [4.78, 5) is 49.0. The maximum atomic E-state index is 13.3. The number of amides is 3. The summed E-state index contributed by atoms with van der Waals surface area (Å²) in [7, 11) is 0. The van der Waals surface area contributed by atoms with Crippen molar-refractivity contribution < 1.29 is 14.4 Å². The molecular formula is C35H40N8O3. The van der Waals surface area contributed by atoms with E-state index in [0.29, 0.717) is 55.6 Å². The van der Waals surface area contributed by atoms with E-state index in [2.05, 4.69) is 44.5 Å². The lowest BCUT2D eigenvalue weighted by molar-refractivity contribution is -0.131. The van der Waals surface area contributed by atoms with Gasteiger partial charge in [0.2, 0.25) is 5.91 Å². The topological polar surface area (TPSA) is 120 Å². The highest BCUT2D eigenvalue weighted by Gasteiger charge is 2.46.